The molecule has 0 bridgehead atoms. The van der Waals surface area contributed by atoms with Crippen molar-refractivity contribution < 1.29 is 13.9 Å². The third-order valence-electron chi connectivity index (χ3n) is 2.23. The molecule has 0 aliphatic rings. The summed E-state index contributed by atoms with van der Waals surface area (Å²) in [5, 5.41) is 1.96. The van der Waals surface area contributed by atoms with Crippen molar-refractivity contribution in [2.24, 2.45) is 0 Å². The topological polar surface area (TPSA) is 26.3 Å². The Labute approximate surface area is 107 Å². The van der Waals surface area contributed by atoms with Crippen LogP contribution in [0.15, 0.2) is 29.6 Å². The Hall–Kier alpha value is -1.39. The molecule has 1 heterocycles. The fraction of sp³-hybridized carbons (Fsp3) is 0.0833. The number of hydrogen-bond acceptors (Lipinski definition) is 3. The molecule has 2 nitrogen and oxygen atoms in total. The molecule has 0 unspecified atom stereocenters. The second-order valence-electron chi connectivity index (χ2n) is 3.27. The van der Waals surface area contributed by atoms with Gasteiger partial charge in [0, 0.05) is 5.56 Å². The predicted octanol–water partition coefficient (Wildman–Crippen LogP) is 3.78. The molecule has 17 heavy (non-hydrogen) atoms. The fourth-order valence-electron chi connectivity index (χ4n) is 1.42. The summed E-state index contributed by atoms with van der Waals surface area (Å²) in [6.45, 7) is 0. The SMILES string of the molecule is COc1ccsc1C(=O)c1cc(F)ccc1Cl. The summed E-state index contributed by atoms with van der Waals surface area (Å²) in [6.07, 6.45) is 0. The van der Waals surface area contributed by atoms with Crippen molar-refractivity contribution in [2.45, 2.75) is 0 Å². The molecule has 0 amide bonds. The number of methoxy groups -OCH3 is 1. The summed E-state index contributed by atoms with van der Waals surface area (Å²) < 4.78 is 18.1. The van der Waals surface area contributed by atoms with Crippen LogP contribution in [-0.4, -0.2) is 12.9 Å². The van der Waals surface area contributed by atoms with Crippen molar-refractivity contribution in [1.29, 1.82) is 0 Å². The highest BCUT2D eigenvalue weighted by Crippen LogP contribution is 2.29. The van der Waals surface area contributed by atoms with E-state index >= 15 is 0 Å². The number of halogens is 2. The highest BCUT2D eigenvalue weighted by molar-refractivity contribution is 7.12. The molecule has 0 saturated heterocycles. The first kappa shape index (κ1) is 12.1. The fourth-order valence-corrected chi connectivity index (χ4v) is 2.43. The van der Waals surface area contributed by atoms with Crippen molar-refractivity contribution in [1.82, 2.24) is 0 Å². The Kier molecular flexibility index (Phi) is 3.45. The number of ketones is 1. The maximum atomic E-state index is 13.1. The molecule has 0 radical (unpaired) electrons. The number of rotatable bonds is 3. The Bertz CT molecular complexity index is 565. The zero-order chi connectivity index (χ0) is 12.4. The van der Waals surface area contributed by atoms with E-state index in [2.05, 4.69) is 0 Å². The van der Waals surface area contributed by atoms with Gasteiger partial charge in [-0.2, -0.15) is 0 Å². The summed E-state index contributed by atoms with van der Waals surface area (Å²) in [6, 6.07) is 5.39. The zero-order valence-corrected chi connectivity index (χ0v) is 10.4. The van der Waals surface area contributed by atoms with Crippen LogP contribution in [0, 0.1) is 5.82 Å². The molecular weight excluding hydrogens is 263 g/mol. The molecule has 1 aromatic carbocycles. The van der Waals surface area contributed by atoms with Gasteiger partial charge < -0.3 is 4.74 Å². The maximum Gasteiger partial charge on any atom is 0.208 e. The normalized spacial score (nSPS) is 10.3. The highest BCUT2D eigenvalue weighted by Gasteiger charge is 2.19. The summed E-state index contributed by atoms with van der Waals surface area (Å²) in [5.41, 5.74) is 0.146. The molecule has 0 aliphatic heterocycles. The van der Waals surface area contributed by atoms with Gasteiger partial charge in [-0.15, -0.1) is 11.3 Å². The Morgan fingerprint density at radius 2 is 2.18 bits per heavy atom. The van der Waals surface area contributed by atoms with Gasteiger partial charge in [0.1, 0.15) is 16.4 Å². The Balaban J connectivity index is 2.47. The molecule has 0 saturated carbocycles. The average molecular weight is 271 g/mol. The smallest absolute Gasteiger partial charge is 0.208 e. The van der Waals surface area contributed by atoms with Crippen molar-refractivity contribution in [2.75, 3.05) is 7.11 Å². The quantitative estimate of drug-likeness (QED) is 0.794. The molecule has 0 atom stereocenters. The van der Waals surface area contributed by atoms with Gasteiger partial charge in [0.25, 0.3) is 0 Å². The molecule has 2 rings (SSSR count). The number of benzene rings is 1. The minimum absolute atomic E-state index is 0.146. The van der Waals surface area contributed by atoms with Gasteiger partial charge >= 0.3 is 0 Å². The molecule has 2 aromatic rings. The standard InChI is InChI=1S/C12H8ClFO2S/c1-16-10-4-5-17-12(10)11(15)8-6-7(14)2-3-9(8)13/h2-6H,1H3. The molecule has 0 N–H and O–H groups in total. The van der Waals surface area contributed by atoms with E-state index in [4.69, 9.17) is 16.3 Å². The number of hydrogen-bond donors (Lipinski definition) is 0. The lowest BCUT2D eigenvalue weighted by atomic mass is 10.1. The zero-order valence-electron chi connectivity index (χ0n) is 8.87. The largest absolute Gasteiger partial charge is 0.495 e. The van der Waals surface area contributed by atoms with E-state index in [9.17, 15) is 9.18 Å². The van der Waals surface area contributed by atoms with E-state index in [1.807, 2.05) is 0 Å². The average Bonchev–Trinajstić information content (AvgIpc) is 2.79. The van der Waals surface area contributed by atoms with Crippen LogP contribution in [0.3, 0.4) is 0 Å². The molecule has 0 spiro atoms. The number of thiophene rings is 1. The molecule has 0 fully saturated rings. The van der Waals surface area contributed by atoms with Gasteiger partial charge in [-0.1, -0.05) is 11.6 Å². The Morgan fingerprint density at radius 3 is 2.88 bits per heavy atom. The van der Waals surface area contributed by atoms with Crippen molar-refractivity contribution in [3.05, 3.63) is 50.9 Å². The van der Waals surface area contributed by atoms with Gasteiger partial charge in [0.15, 0.2) is 0 Å². The lowest BCUT2D eigenvalue weighted by Crippen LogP contribution is -2.02. The first-order chi connectivity index (χ1) is 8.13. The highest BCUT2D eigenvalue weighted by atomic mass is 35.5. The second kappa shape index (κ2) is 4.85. The van der Waals surface area contributed by atoms with Crippen LogP contribution in [0.1, 0.15) is 15.2 Å². The second-order valence-corrected chi connectivity index (χ2v) is 4.59. The van der Waals surface area contributed by atoms with Gasteiger partial charge in [0.2, 0.25) is 5.78 Å². The van der Waals surface area contributed by atoms with Crippen LogP contribution >= 0.6 is 22.9 Å². The monoisotopic (exact) mass is 270 g/mol. The minimum Gasteiger partial charge on any atom is -0.495 e. The number of carbonyl (C=O) groups is 1. The predicted molar refractivity (Wildman–Crippen MR) is 65.7 cm³/mol. The van der Waals surface area contributed by atoms with E-state index in [-0.39, 0.29) is 16.4 Å². The number of carbonyl (C=O) groups excluding carboxylic acids is 1. The van der Waals surface area contributed by atoms with E-state index in [1.165, 1.54) is 30.6 Å². The first-order valence-corrected chi connectivity index (χ1v) is 6.00. The Morgan fingerprint density at radius 1 is 1.41 bits per heavy atom. The lowest BCUT2D eigenvalue weighted by Gasteiger charge is -2.04. The van der Waals surface area contributed by atoms with Crippen LogP contribution in [-0.2, 0) is 0 Å². The van der Waals surface area contributed by atoms with Crippen LogP contribution in [0.4, 0.5) is 4.39 Å². The molecule has 1 aromatic heterocycles. The number of ether oxygens (including phenoxy) is 1. The molecule has 0 aliphatic carbocycles. The maximum absolute atomic E-state index is 13.1. The summed E-state index contributed by atoms with van der Waals surface area (Å²) >= 11 is 7.12. The van der Waals surface area contributed by atoms with Crippen LogP contribution < -0.4 is 4.74 Å². The van der Waals surface area contributed by atoms with Crippen molar-refractivity contribution >= 4 is 28.7 Å². The first-order valence-electron chi connectivity index (χ1n) is 4.74. The van der Waals surface area contributed by atoms with E-state index in [0.717, 1.165) is 6.07 Å². The van der Waals surface area contributed by atoms with Crippen LogP contribution in [0.2, 0.25) is 5.02 Å². The van der Waals surface area contributed by atoms with Gasteiger partial charge in [-0.25, -0.2) is 4.39 Å². The van der Waals surface area contributed by atoms with E-state index < -0.39 is 5.82 Å². The summed E-state index contributed by atoms with van der Waals surface area (Å²) in [4.78, 5) is 12.6. The third-order valence-corrected chi connectivity index (χ3v) is 3.45. The summed E-state index contributed by atoms with van der Waals surface area (Å²) in [7, 11) is 1.48. The van der Waals surface area contributed by atoms with Gasteiger partial charge in [-0.3, -0.25) is 4.79 Å². The van der Waals surface area contributed by atoms with E-state index in [0.29, 0.717) is 10.6 Å². The molecule has 5 heteroatoms. The molecular formula is C12H8ClFO2S. The lowest BCUT2D eigenvalue weighted by molar-refractivity contribution is 0.103. The summed E-state index contributed by atoms with van der Waals surface area (Å²) in [5.74, 6) is -0.352. The third kappa shape index (κ3) is 2.33. The molecule has 88 valence electrons. The van der Waals surface area contributed by atoms with Crippen LogP contribution in [0.5, 0.6) is 5.75 Å². The van der Waals surface area contributed by atoms with Crippen molar-refractivity contribution in [3.8, 4) is 5.75 Å². The minimum atomic E-state index is -0.492. The van der Waals surface area contributed by atoms with Crippen LogP contribution in [0.25, 0.3) is 0 Å². The van der Waals surface area contributed by atoms with Crippen molar-refractivity contribution in [3.63, 3.8) is 0 Å². The van der Waals surface area contributed by atoms with Gasteiger partial charge in [-0.05, 0) is 29.6 Å². The van der Waals surface area contributed by atoms with Gasteiger partial charge in [0.05, 0.1) is 12.1 Å². The van der Waals surface area contributed by atoms with E-state index in [1.54, 1.807) is 11.4 Å².